The molecule has 160 valence electrons. The van der Waals surface area contributed by atoms with E-state index in [1.165, 1.54) is 11.3 Å². The van der Waals surface area contributed by atoms with Crippen molar-refractivity contribution in [3.05, 3.63) is 68.5 Å². The van der Waals surface area contributed by atoms with Crippen LogP contribution in [0.4, 0.5) is 0 Å². The molecule has 1 aromatic heterocycles. The molecule has 0 amide bonds. The number of benzene rings is 2. The highest BCUT2D eigenvalue weighted by Crippen LogP contribution is 2.43. The van der Waals surface area contributed by atoms with Crippen molar-refractivity contribution in [3.63, 3.8) is 0 Å². The van der Waals surface area contributed by atoms with Gasteiger partial charge in [0.1, 0.15) is 0 Å². The molecule has 3 aromatic rings. The Bertz CT molecular complexity index is 1120. The topological polar surface area (TPSA) is 46.2 Å². The van der Waals surface area contributed by atoms with Crippen LogP contribution in [0.5, 0.6) is 0 Å². The van der Waals surface area contributed by atoms with Crippen molar-refractivity contribution in [3.8, 4) is 21.6 Å². The maximum absolute atomic E-state index is 12.6. The van der Waals surface area contributed by atoms with Crippen molar-refractivity contribution in [2.45, 2.75) is 38.5 Å². The third kappa shape index (κ3) is 5.39. The Morgan fingerprint density at radius 2 is 1.53 bits per heavy atom. The zero-order valence-corrected chi connectivity index (χ0v) is 20.5. The molecule has 1 heterocycles. The zero-order valence-electron chi connectivity index (χ0n) is 16.6. The normalized spacial score (nSPS) is 11.9. The number of nitrogens with one attached hydrogen (secondary N) is 1. The largest absolute Gasteiger partial charge is 0.214 e. The van der Waals surface area contributed by atoms with E-state index in [1.54, 1.807) is 12.1 Å². The van der Waals surface area contributed by atoms with Gasteiger partial charge in [-0.2, -0.15) is 0 Å². The lowest BCUT2D eigenvalue weighted by Crippen LogP contribution is -2.33. The number of hydrogen-bond donors (Lipinski definition) is 1. The van der Waals surface area contributed by atoms with Crippen LogP contribution in [0.25, 0.3) is 21.6 Å². The van der Waals surface area contributed by atoms with Gasteiger partial charge < -0.3 is 0 Å². The molecule has 8 heteroatoms. The highest BCUT2D eigenvalue weighted by Gasteiger charge is 2.22. The highest BCUT2D eigenvalue weighted by molar-refractivity contribution is 7.90. The monoisotopic (exact) mass is 501 g/mol. The van der Waals surface area contributed by atoms with Gasteiger partial charge in [-0.3, -0.25) is 0 Å². The summed E-state index contributed by atoms with van der Waals surface area (Å²) in [4.78, 5) is 1.85. The molecule has 0 saturated carbocycles. The first-order valence-corrected chi connectivity index (χ1v) is 13.1. The van der Waals surface area contributed by atoms with E-state index in [2.05, 4.69) is 4.72 Å². The fourth-order valence-electron chi connectivity index (χ4n) is 3.26. The highest BCUT2D eigenvalue weighted by atomic mass is 35.5. The molecular formula is C22H22Cl3NO2S2. The summed E-state index contributed by atoms with van der Waals surface area (Å²) in [6, 6.07) is 14.9. The summed E-state index contributed by atoms with van der Waals surface area (Å²) in [6.45, 7) is 4.00. The molecule has 3 nitrogen and oxygen atoms in total. The quantitative estimate of drug-likeness (QED) is 0.344. The Balaban J connectivity index is 2.01. The standard InChI is InChI=1S/C22H22Cl3NO2S2/c1-3-18(4-2)30(27,28)26-13-17-12-20(14-5-7-15(23)8-6-14)22(29-17)19-10-9-16(24)11-21(19)25/h5-12,18,26H,3-4,13H2,1-2H3. The third-order valence-electron chi connectivity index (χ3n) is 4.91. The molecule has 0 saturated heterocycles. The molecule has 0 aliphatic rings. The van der Waals surface area contributed by atoms with Crippen LogP contribution >= 0.6 is 46.1 Å². The van der Waals surface area contributed by atoms with E-state index < -0.39 is 15.3 Å². The molecule has 3 rings (SSSR count). The fourth-order valence-corrected chi connectivity index (χ4v) is 6.67. The molecule has 1 N–H and O–H groups in total. The number of halogens is 3. The van der Waals surface area contributed by atoms with Crippen LogP contribution in [0, 0.1) is 0 Å². The van der Waals surface area contributed by atoms with Crippen molar-refractivity contribution >= 4 is 56.2 Å². The minimum absolute atomic E-state index is 0.231. The number of thiophene rings is 1. The fraction of sp³-hybridized carbons (Fsp3) is 0.273. The van der Waals surface area contributed by atoms with Gasteiger partial charge in [0.05, 0.1) is 10.3 Å². The van der Waals surface area contributed by atoms with Crippen LogP contribution < -0.4 is 4.72 Å². The minimum atomic E-state index is -3.38. The molecule has 0 bridgehead atoms. The second kappa shape index (κ2) is 10.0. The van der Waals surface area contributed by atoms with Crippen molar-refractivity contribution < 1.29 is 8.42 Å². The first-order chi connectivity index (χ1) is 14.2. The maximum atomic E-state index is 12.6. The van der Waals surface area contributed by atoms with Gasteiger partial charge in [0.15, 0.2) is 0 Å². The van der Waals surface area contributed by atoms with Crippen LogP contribution in [-0.2, 0) is 16.6 Å². The first kappa shape index (κ1) is 23.6. The summed E-state index contributed by atoms with van der Waals surface area (Å²) < 4.78 is 27.9. The van der Waals surface area contributed by atoms with Crippen LogP contribution in [0.15, 0.2) is 48.5 Å². The molecule has 0 aliphatic heterocycles. The molecule has 30 heavy (non-hydrogen) atoms. The SMILES string of the molecule is CCC(CC)S(=O)(=O)NCc1cc(-c2ccc(Cl)cc2)c(-c2ccc(Cl)cc2Cl)s1. The molecule has 0 aliphatic carbocycles. The Morgan fingerprint density at radius 3 is 2.13 bits per heavy atom. The first-order valence-electron chi connectivity index (χ1n) is 9.57. The summed E-state index contributed by atoms with van der Waals surface area (Å²) in [5.41, 5.74) is 2.80. The van der Waals surface area contributed by atoms with Crippen LogP contribution in [0.3, 0.4) is 0 Å². The molecule has 0 spiro atoms. The summed E-state index contributed by atoms with van der Waals surface area (Å²) in [6.07, 6.45) is 1.16. The summed E-state index contributed by atoms with van der Waals surface area (Å²) >= 11 is 20.1. The second-order valence-electron chi connectivity index (χ2n) is 6.89. The van der Waals surface area contributed by atoms with Gasteiger partial charge in [-0.1, -0.05) is 66.8 Å². The number of hydrogen-bond acceptors (Lipinski definition) is 3. The van der Waals surface area contributed by atoms with Gasteiger partial charge >= 0.3 is 0 Å². The van der Waals surface area contributed by atoms with E-state index >= 15 is 0 Å². The Kier molecular flexibility index (Phi) is 7.88. The second-order valence-corrected chi connectivity index (χ2v) is 11.4. The van der Waals surface area contributed by atoms with E-state index in [1.807, 2.05) is 50.2 Å². The van der Waals surface area contributed by atoms with Crippen molar-refractivity contribution in [2.75, 3.05) is 0 Å². The molecule has 0 radical (unpaired) electrons. The van der Waals surface area contributed by atoms with Gasteiger partial charge in [0.25, 0.3) is 0 Å². The predicted octanol–water partition coefficient (Wildman–Crippen LogP) is 7.65. The van der Waals surface area contributed by atoms with E-state index in [0.717, 1.165) is 26.4 Å². The summed E-state index contributed by atoms with van der Waals surface area (Å²) in [5.74, 6) is 0. The summed E-state index contributed by atoms with van der Waals surface area (Å²) in [7, 11) is -3.38. The molecule has 0 atom stereocenters. The van der Waals surface area contributed by atoms with Crippen molar-refractivity contribution in [1.82, 2.24) is 4.72 Å². The van der Waals surface area contributed by atoms with E-state index in [9.17, 15) is 8.42 Å². The van der Waals surface area contributed by atoms with Gasteiger partial charge in [-0.25, -0.2) is 13.1 Å². The Labute approximate surface area is 197 Å². The lowest BCUT2D eigenvalue weighted by atomic mass is 10.0. The predicted molar refractivity (Wildman–Crippen MR) is 130 cm³/mol. The molecule has 0 fully saturated rings. The Hall–Kier alpha value is -1.08. The van der Waals surface area contributed by atoms with Gasteiger partial charge in [-0.15, -0.1) is 11.3 Å². The average molecular weight is 503 g/mol. The average Bonchev–Trinajstić information content (AvgIpc) is 3.12. The lowest BCUT2D eigenvalue weighted by molar-refractivity contribution is 0.557. The van der Waals surface area contributed by atoms with E-state index in [-0.39, 0.29) is 6.54 Å². The number of rotatable bonds is 8. The number of sulfonamides is 1. The van der Waals surface area contributed by atoms with Gasteiger partial charge in [-0.05, 0) is 48.7 Å². The van der Waals surface area contributed by atoms with Crippen molar-refractivity contribution in [1.29, 1.82) is 0 Å². The van der Waals surface area contributed by atoms with E-state index in [4.69, 9.17) is 34.8 Å². The van der Waals surface area contributed by atoms with Crippen LogP contribution in [-0.4, -0.2) is 13.7 Å². The van der Waals surface area contributed by atoms with Crippen LogP contribution in [0.2, 0.25) is 15.1 Å². The maximum Gasteiger partial charge on any atom is 0.214 e. The molecular weight excluding hydrogens is 481 g/mol. The molecule has 2 aromatic carbocycles. The van der Waals surface area contributed by atoms with Crippen LogP contribution in [0.1, 0.15) is 31.6 Å². The Morgan fingerprint density at radius 1 is 0.900 bits per heavy atom. The van der Waals surface area contributed by atoms with E-state index in [0.29, 0.717) is 27.9 Å². The third-order valence-corrected chi connectivity index (χ3v) is 8.97. The smallest absolute Gasteiger partial charge is 0.212 e. The van der Waals surface area contributed by atoms with Gasteiger partial charge in [0, 0.05) is 37.5 Å². The molecule has 0 unspecified atom stereocenters. The minimum Gasteiger partial charge on any atom is -0.212 e. The van der Waals surface area contributed by atoms with Crippen molar-refractivity contribution in [2.24, 2.45) is 0 Å². The lowest BCUT2D eigenvalue weighted by Gasteiger charge is -2.14. The zero-order chi connectivity index (χ0) is 21.9. The van der Waals surface area contributed by atoms with Gasteiger partial charge in [0.2, 0.25) is 10.0 Å². The summed E-state index contributed by atoms with van der Waals surface area (Å²) in [5, 5.41) is 1.37.